The lowest BCUT2D eigenvalue weighted by molar-refractivity contribution is -0.165. The average Bonchev–Trinajstić information content (AvgIpc) is 2.93. The number of esters is 2. The molecule has 1 aliphatic heterocycles. The van der Waals surface area contributed by atoms with Crippen LogP contribution in [0.5, 0.6) is 0 Å². The molecule has 1 unspecified atom stereocenters. The van der Waals surface area contributed by atoms with Crippen LogP contribution in [0.1, 0.15) is 69.4 Å². The molecule has 234 valence electrons. The van der Waals surface area contributed by atoms with E-state index in [2.05, 4.69) is 31.5 Å². The summed E-state index contributed by atoms with van der Waals surface area (Å²) in [6, 6.07) is 7.57. The van der Waals surface area contributed by atoms with Crippen molar-refractivity contribution in [3.8, 4) is 0 Å². The number of benzene rings is 2. The molecule has 3 aromatic rings. The lowest BCUT2D eigenvalue weighted by Crippen LogP contribution is -2.41. The highest BCUT2D eigenvalue weighted by Gasteiger charge is 2.30. The molecule has 1 aliphatic rings. The molecule has 1 aromatic heterocycles. The molecule has 2 aromatic carbocycles. The van der Waals surface area contributed by atoms with Gasteiger partial charge in [0.1, 0.15) is 5.60 Å². The van der Waals surface area contributed by atoms with Crippen molar-refractivity contribution in [1.29, 1.82) is 0 Å². The number of hydrogen-bond acceptors (Lipinski definition) is 9. The van der Waals surface area contributed by atoms with Crippen molar-refractivity contribution in [2.24, 2.45) is 0 Å². The molecular formula is C30H33BrN4O9. The number of aryl methyl sites for hydroxylation is 1. The predicted octanol–water partition coefficient (Wildman–Crippen LogP) is 3.77. The van der Waals surface area contributed by atoms with Gasteiger partial charge in [-0.2, -0.15) is 0 Å². The van der Waals surface area contributed by atoms with E-state index >= 15 is 0 Å². The lowest BCUT2D eigenvalue weighted by atomic mass is 9.96. The van der Waals surface area contributed by atoms with Crippen LogP contribution >= 0.6 is 15.9 Å². The van der Waals surface area contributed by atoms with Crippen LogP contribution < -0.4 is 21.8 Å². The van der Waals surface area contributed by atoms with Gasteiger partial charge in [-0.05, 0) is 69.0 Å². The first kappa shape index (κ1) is 32.5. The molecule has 0 saturated carbocycles. The molecule has 0 saturated heterocycles. The Labute approximate surface area is 260 Å². The fourth-order valence-electron chi connectivity index (χ4n) is 5.07. The SMILES string of the molecule is COC(=O)C(OC(C)=O)c1cc(CNC(=O)OC(C)(C)C)ccc1NC(=O)C[C@@H]1CCc2cc(Br)cc3[nH]c(=O)c(=O)n1c23. The van der Waals surface area contributed by atoms with E-state index in [0.29, 0.717) is 29.4 Å². The first-order valence-electron chi connectivity index (χ1n) is 13.8. The van der Waals surface area contributed by atoms with Crippen LogP contribution in [0.15, 0.2) is 44.4 Å². The minimum Gasteiger partial charge on any atom is -0.466 e. The highest BCUT2D eigenvalue weighted by Crippen LogP contribution is 2.33. The summed E-state index contributed by atoms with van der Waals surface area (Å²) in [6.45, 7) is 6.30. The smallest absolute Gasteiger partial charge is 0.407 e. The normalized spacial score (nSPS) is 14.8. The summed E-state index contributed by atoms with van der Waals surface area (Å²) in [4.78, 5) is 78.2. The van der Waals surface area contributed by atoms with E-state index in [-0.39, 0.29) is 24.2 Å². The van der Waals surface area contributed by atoms with Gasteiger partial charge in [-0.3, -0.25) is 23.7 Å². The minimum absolute atomic E-state index is 0.00314. The number of ether oxygens (including phenoxy) is 3. The highest BCUT2D eigenvalue weighted by atomic mass is 79.9. The zero-order valence-corrected chi connectivity index (χ0v) is 26.5. The molecule has 0 bridgehead atoms. The fraction of sp³-hybridized carbons (Fsp3) is 0.400. The number of H-pyrrole nitrogens is 1. The number of carbonyl (C=O) groups is 4. The Morgan fingerprint density at radius 1 is 1.14 bits per heavy atom. The van der Waals surface area contributed by atoms with Crippen LogP contribution in [-0.4, -0.2) is 46.2 Å². The number of amides is 2. The van der Waals surface area contributed by atoms with Crippen molar-refractivity contribution in [2.75, 3.05) is 12.4 Å². The van der Waals surface area contributed by atoms with Crippen LogP contribution in [0, 0.1) is 0 Å². The van der Waals surface area contributed by atoms with Gasteiger partial charge in [-0.15, -0.1) is 0 Å². The van der Waals surface area contributed by atoms with Gasteiger partial charge >= 0.3 is 29.2 Å². The van der Waals surface area contributed by atoms with Gasteiger partial charge in [0.25, 0.3) is 0 Å². The topological polar surface area (TPSA) is 175 Å². The Balaban J connectivity index is 1.64. The van der Waals surface area contributed by atoms with Gasteiger partial charge in [0.2, 0.25) is 12.0 Å². The first-order chi connectivity index (χ1) is 20.7. The van der Waals surface area contributed by atoms with Gasteiger partial charge in [-0.1, -0.05) is 22.0 Å². The van der Waals surface area contributed by atoms with E-state index in [4.69, 9.17) is 14.2 Å². The summed E-state index contributed by atoms with van der Waals surface area (Å²) >= 11 is 3.43. The number of nitrogens with one attached hydrogen (secondary N) is 3. The zero-order chi connectivity index (χ0) is 32.3. The fourth-order valence-corrected chi connectivity index (χ4v) is 5.58. The quantitative estimate of drug-likeness (QED) is 0.183. The molecule has 0 spiro atoms. The van der Waals surface area contributed by atoms with Crippen molar-refractivity contribution in [2.45, 2.75) is 71.2 Å². The molecule has 2 atom stereocenters. The second-order valence-electron chi connectivity index (χ2n) is 11.3. The third kappa shape index (κ3) is 7.54. The number of alkyl carbamates (subject to hydrolysis) is 1. The molecule has 0 radical (unpaired) electrons. The summed E-state index contributed by atoms with van der Waals surface area (Å²) in [5, 5.41) is 5.37. The minimum atomic E-state index is -1.52. The van der Waals surface area contributed by atoms with Gasteiger partial charge in [-0.25, -0.2) is 9.59 Å². The Bertz CT molecular complexity index is 1760. The lowest BCUT2D eigenvalue weighted by Gasteiger charge is -2.27. The molecule has 0 fully saturated rings. The van der Waals surface area contributed by atoms with Crippen molar-refractivity contribution >= 4 is 56.6 Å². The van der Waals surface area contributed by atoms with Crippen molar-refractivity contribution in [3.63, 3.8) is 0 Å². The number of aromatic amines is 1. The van der Waals surface area contributed by atoms with E-state index < -0.39 is 52.8 Å². The third-order valence-electron chi connectivity index (χ3n) is 6.80. The summed E-state index contributed by atoms with van der Waals surface area (Å²) < 4.78 is 17.5. The second-order valence-corrected chi connectivity index (χ2v) is 12.2. The molecular weight excluding hydrogens is 640 g/mol. The van der Waals surface area contributed by atoms with E-state index in [1.807, 2.05) is 6.07 Å². The van der Waals surface area contributed by atoms with E-state index in [9.17, 15) is 28.8 Å². The maximum absolute atomic E-state index is 13.4. The van der Waals surface area contributed by atoms with E-state index in [1.165, 1.54) is 16.7 Å². The zero-order valence-electron chi connectivity index (χ0n) is 24.9. The molecule has 13 nitrogen and oxygen atoms in total. The third-order valence-corrected chi connectivity index (χ3v) is 7.25. The number of aromatic nitrogens is 2. The molecule has 44 heavy (non-hydrogen) atoms. The van der Waals surface area contributed by atoms with Crippen LogP contribution in [0.3, 0.4) is 0 Å². The van der Waals surface area contributed by atoms with Gasteiger partial charge in [0, 0.05) is 41.7 Å². The van der Waals surface area contributed by atoms with Crippen molar-refractivity contribution in [3.05, 3.63) is 72.2 Å². The van der Waals surface area contributed by atoms with Gasteiger partial charge in [0.05, 0.1) is 18.1 Å². The van der Waals surface area contributed by atoms with Crippen molar-refractivity contribution < 1.29 is 33.4 Å². The van der Waals surface area contributed by atoms with Crippen LogP contribution in [-0.2, 0) is 41.6 Å². The van der Waals surface area contributed by atoms with E-state index in [0.717, 1.165) is 24.1 Å². The Kier molecular flexibility index (Phi) is 9.62. The van der Waals surface area contributed by atoms with Crippen molar-refractivity contribution in [1.82, 2.24) is 14.9 Å². The number of anilines is 1. The number of methoxy groups -OCH3 is 1. The Morgan fingerprint density at radius 3 is 2.52 bits per heavy atom. The molecule has 14 heteroatoms. The predicted molar refractivity (Wildman–Crippen MR) is 163 cm³/mol. The number of rotatable bonds is 8. The number of nitrogens with zero attached hydrogens (tertiary/aromatic N) is 1. The number of halogens is 1. The van der Waals surface area contributed by atoms with Crippen LogP contribution in [0.25, 0.3) is 11.0 Å². The first-order valence-corrected chi connectivity index (χ1v) is 14.6. The molecule has 4 rings (SSSR count). The highest BCUT2D eigenvalue weighted by molar-refractivity contribution is 9.10. The standard InChI is InChI=1S/C30H33BrN4O9/c1-15(36)43-25(28(40)42-5)20-10-16(14-32-29(41)44-30(2,3)4)6-9-21(20)33-23(37)13-19-8-7-17-11-18(31)12-22-24(17)35(19)27(39)26(38)34-22/h6,9-12,19,25H,7-8,13-14H2,1-5H3,(H,32,41)(H,33,37)(H,34,38)/t19-,25?/m0/s1. The second kappa shape index (κ2) is 13.0. The monoisotopic (exact) mass is 672 g/mol. The van der Waals surface area contributed by atoms with Gasteiger partial charge in [0.15, 0.2) is 0 Å². The summed E-state index contributed by atoms with van der Waals surface area (Å²) in [7, 11) is 1.13. The number of carbonyl (C=O) groups excluding carboxylic acids is 4. The summed E-state index contributed by atoms with van der Waals surface area (Å²) in [6.07, 6.45) is -1.35. The molecule has 3 N–H and O–H groups in total. The Morgan fingerprint density at radius 2 is 1.86 bits per heavy atom. The molecule has 0 aliphatic carbocycles. The maximum Gasteiger partial charge on any atom is 0.407 e. The van der Waals surface area contributed by atoms with Crippen LogP contribution in [0.4, 0.5) is 10.5 Å². The Hall–Kier alpha value is -4.46. The molecule has 2 heterocycles. The van der Waals surface area contributed by atoms with E-state index in [1.54, 1.807) is 32.9 Å². The number of hydrogen-bond donors (Lipinski definition) is 3. The van der Waals surface area contributed by atoms with Crippen LogP contribution in [0.2, 0.25) is 0 Å². The van der Waals surface area contributed by atoms with Gasteiger partial charge < -0.3 is 29.8 Å². The largest absolute Gasteiger partial charge is 0.466 e. The molecule has 2 amide bonds. The maximum atomic E-state index is 13.4. The average molecular weight is 674 g/mol. The summed E-state index contributed by atoms with van der Waals surface area (Å²) in [5.74, 6) is -2.16. The summed E-state index contributed by atoms with van der Waals surface area (Å²) in [5.41, 5.74) is 0.396.